The van der Waals surface area contributed by atoms with Crippen molar-refractivity contribution in [3.63, 3.8) is 0 Å². The van der Waals surface area contributed by atoms with Gasteiger partial charge in [-0.15, -0.1) is 0 Å². The summed E-state index contributed by atoms with van der Waals surface area (Å²) in [7, 11) is 2.04. The summed E-state index contributed by atoms with van der Waals surface area (Å²) in [5.41, 5.74) is 1.16. The molecule has 1 atom stereocenters. The third-order valence-electron chi connectivity index (χ3n) is 4.41. The first kappa shape index (κ1) is 18.3. The minimum absolute atomic E-state index is 0.0246. The lowest BCUT2D eigenvalue weighted by Gasteiger charge is -2.29. The number of hydrogen-bond donors (Lipinski definition) is 2. The lowest BCUT2D eigenvalue weighted by atomic mass is 9.98. The predicted octanol–water partition coefficient (Wildman–Crippen LogP) is 1.43. The molecule has 0 radical (unpaired) electrons. The number of carboxylic acid groups (broad SMARTS) is 1. The Kier molecular flexibility index (Phi) is 7.06. The van der Waals surface area contributed by atoms with Crippen LogP contribution in [0.4, 0.5) is 5.69 Å². The molecule has 1 amide bonds. The largest absolute Gasteiger partial charge is 0.481 e. The maximum Gasteiger partial charge on any atom is 0.307 e. The predicted molar refractivity (Wildman–Crippen MR) is 94.1 cm³/mol. The quantitative estimate of drug-likeness (QED) is 0.704. The summed E-state index contributed by atoms with van der Waals surface area (Å²) in [6.45, 7) is 3.06. The summed E-state index contributed by atoms with van der Waals surface area (Å²) >= 11 is 0. The van der Waals surface area contributed by atoms with Gasteiger partial charge in [-0.05, 0) is 37.9 Å². The van der Waals surface area contributed by atoms with Crippen molar-refractivity contribution in [2.75, 3.05) is 44.7 Å². The topological polar surface area (TPSA) is 72.9 Å². The molecule has 2 N–H and O–H groups in total. The number of nitrogens with zero attached hydrogens (tertiary/aromatic N) is 2. The molecule has 1 unspecified atom stereocenters. The van der Waals surface area contributed by atoms with Gasteiger partial charge in [0.25, 0.3) is 0 Å². The van der Waals surface area contributed by atoms with E-state index in [0.717, 1.165) is 31.6 Å². The molecule has 6 heteroatoms. The van der Waals surface area contributed by atoms with Gasteiger partial charge in [0.1, 0.15) is 0 Å². The van der Waals surface area contributed by atoms with E-state index in [2.05, 4.69) is 22.3 Å². The van der Waals surface area contributed by atoms with E-state index >= 15 is 0 Å². The minimum atomic E-state index is -0.760. The zero-order valence-corrected chi connectivity index (χ0v) is 14.3. The Bertz CT molecular complexity index is 536. The van der Waals surface area contributed by atoms with Gasteiger partial charge in [0.15, 0.2) is 0 Å². The van der Waals surface area contributed by atoms with Crippen molar-refractivity contribution in [1.82, 2.24) is 10.2 Å². The Labute approximate surface area is 143 Å². The number of amides is 1. The first-order chi connectivity index (χ1) is 11.6. The number of carbonyl (C=O) groups is 2. The normalized spacial score (nSPS) is 18.1. The first-order valence-electron chi connectivity index (χ1n) is 8.54. The molecule has 6 nitrogen and oxygen atoms in total. The number of carbonyl (C=O) groups excluding carboxylic acids is 1. The summed E-state index contributed by atoms with van der Waals surface area (Å²) in [6.07, 6.45) is 2.42. The van der Waals surface area contributed by atoms with Crippen molar-refractivity contribution in [3.05, 3.63) is 30.3 Å². The molecule has 0 saturated carbocycles. The molecule has 2 rings (SSSR count). The number of aliphatic carboxylic acids is 1. The van der Waals surface area contributed by atoms with Crippen LogP contribution in [0.1, 0.15) is 19.3 Å². The molecule has 0 aliphatic carbocycles. The van der Waals surface area contributed by atoms with Gasteiger partial charge < -0.3 is 15.3 Å². The van der Waals surface area contributed by atoms with Crippen LogP contribution in [-0.4, -0.2) is 61.7 Å². The van der Waals surface area contributed by atoms with Crippen LogP contribution in [0.15, 0.2) is 30.3 Å². The molecule has 0 aromatic heterocycles. The van der Waals surface area contributed by atoms with Crippen molar-refractivity contribution in [2.24, 2.45) is 5.92 Å². The number of rotatable bonds is 8. The van der Waals surface area contributed by atoms with Gasteiger partial charge in [-0.1, -0.05) is 18.2 Å². The van der Waals surface area contributed by atoms with E-state index in [1.165, 1.54) is 0 Å². The molecule has 1 aromatic rings. The number of hydrogen-bond acceptors (Lipinski definition) is 4. The second kappa shape index (κ2) is 9.27. The molecular weight excluding hydrogens is 306 g/mol. The van der Waals surface area contributed by atoms with Crippen LogP contribution in [0.25, 0.3) is 0 Å². The molecule has 0 bridgehead atoms. The number of likely N-dealkylation sites (tertiary alicyclic amines) is 1. The van der Waals surface area contributed by atoms with E-state index in [-0.39, 0.29) is 18.4 Å². The van der Waals surface area contributed by atoms with E-state index in [4.69, 9.17) is 5.11 Å². The molecule has 132 valence electrons. The second-order valence-electron chi connectivity index (χ2n) is 6.37. The SMILES string of the molecule is CN(CCCNC(=O)CN1CCCC(C(=O)O)C1)c1ccccc1. The summed E-state index contributed by atoms with van der Waals surface area (Å²) < 4.78 is 0. The summed E-state index contributed by atoms with van der Waals surface area (Å²) in [4.78, 5) is 27.1. The van der Waals surface area contributed by atoms with Crippen molar-refractivity contribution < 1.29 is 14.7 Å². The smallest absolute Gasteiger partial charge is 0.307 e. The highest BCUT2D eigenvalue weighted by Gasteiger charge is 2.26. The molecule has 1 heterocycles. The fourth-order valence-corrected chi connectivity index (χ4v) is 3.02. The average molecular weight is 333 g/mol. The van der Waals surface area contributed by atoms with Gasteiger partial charge in [0.2, 0.25) is 5.91 Å². The van der Waals surface area contributed by atoms with Crippen molar-refractivity contribution in [3.8, 4) is 0 Å². The number of piperidine rings is 1. The van der Waals surface area contributed by atoms with Gasteiger partial charge in [-0.2, -0.15) is 0 Å². The molecule has 1 fully saturated rings. The fraction of sp³-hybridized carbons (Fsp3) is 0.556. The van der Waals surface area contributed by atoms with E-state index in [0.29, 0.717) is 19.5 Å². The second-order valence-corrected chi connectivity index (χ2v) is 6.37. The van der Waals surface area contributed by atoms with Crippen LogP contribution >= 0.6 is 0 Å². The zero-order chi connectivity index (χ0) is 17.4. The Morgan fingerprint density at radius 3 is 2.79 bits per heavy atom. The number of anilines is 1. The monoisotopic (exact) mass is 333 g/mol. The van der Waals surface area contributed by atoms with Gasteiger partial charge in [0, 0.05) is 32.4 Å². The summed E-state index contributed by atoms with van der Waals surface area (Å²) in [6, 6.07) is 10.1. The maximum atomic E-state index is 12.0. The average Bonchev–Trinajstić information content (AvgIpc) is 2.59. The lowest BCUT2D eigenvalue weighted by Crippen LogP contribution is -2.44. The summed E-state index contributed by atoms with van der Waals surface area (Å²) in [5, 5.41) is 12.0. The highest BCUT2D eigenvalue weighted by atomic mass is 16.4. The standard InChI is InChI=1S/C18H27N3O3/c1-20(16-8-3-2-4-9-16)11-6-10-19-17(22)14-21-12-5-7-15(13-21)18(23)24/h2-4,8-9,15H,5-7,10-14H2,1H3,(H,19,22)(H,23,24). The van der Waals surface area contributed by atoms with Crippen molar-refractivity contribution in [1.29, 1.82) is 0 Å². The zero-order valence-electron chi connectivity index (χ0n) is 14.3. The number of benzene rings is 1. The summed E-state index contributed by atoms with van der Waals surface area (Å²) in [5.74, 6) is -1.13. The van der Waals surface area contributed by atoms with Gasteiger partial charge in [-0.3, -0.25) is 14.5 Å². The fourth-order valence-electron chi connectivity index (χ4n) is 3.02. The highest BCUT2D eigenvalue weighted by Crippen LogP contribution is 2.16. The molecular formula is C18H27N3O3. The molecule has 1 aromatic carbocycles. The minimum Gasteiger partial charge on any atom is -0.481 e. The molecule has 24 heavy (non-hydrogen) atoms. The van der Waals surface area contributed by atoms with Crippen molar-refractivity contribution >= 4 is 17.6 Å². The van der Waals surface area contributed by atoms with Crippen LogP contribution in [-0.2, 0) is 9.59 Å². The van der Waals surface area contributed by atoms with Crippen molar-refractivity contribution in [2.45, 2.75) is 19.3 Å². The molecule has 1 aliphatic heterocycles. The molecule has 1 aliphatic rings. The van der Waals surface area contributed by atoms with Crippen LogP contribution in [0.3, 0.4) is 0 Å². The van der Waals surface area contributed by atoms with Gasteiger partial charge >= 0.3 is 5.97 Å². The van der Waals surface area contributed by atoms with E-state index in [9.17, 15) is 9.59 Å². The van der Waals surface area contributed by atoms with E-state index in [1.54, 1.807) is 0 Å². The number of nitrogens with one attached hydrogen (secondary N) is 1. The third-order valence-corrected chi connectivity index (χ3v) is 4.41. The Hall–Kier alpha value is -2.08. The van der Waals surface area contributed by atoms with Crippen LogP contribution < -0.4 is 10.2 Å². The van der Waals surface area contributed by atoms with Crippen LogP contribution in [0.5, 0.6) is 0 Å². The molecule has 0 spiro atoms. The van der Waals surface area contributed by atoms with Crippen LogP contribution in [0.2, 0.25) is 0 Å². The third kappa shape index (κ3) is 5.85. The highest BCUT2D eigenvalue weighted by molar-refractivity contribution is 5.78. The Morgan fingerprint density at radius 2 is 2.08 bits per heavy atom. The molecule has 1 saturated heterocycles. The number of carboxylic acids is 1. The lowest BCUT2D eigenvalue weighted by molar-refractivity contribution is -0.144. The van der Waals surface area contributed by atoms with Gasteiger partial charge in [-0.25, -0.2) is 0 Å². The first-order valence-corrected chi connectivity index (χ1v) is 8.54. The Morgan fingerprint density at radius 1 is 1.33 bits per heavy atom. The van der Waals surface area contributed by atoms with Gasteiger partial charge in [0.05, 0.1) is 12.5 Å². The number of para-hydroxylation sites is 1. The van der Waals surface area contributed by atoms with E-state index < -0.39 is 5.97 Å². The maximum absolute atomic E-state index is 12.0. The van der Waals surface area contributed by atoms with E-state index in [1.807, 2.05) is 30.1 Å². The Balaban J connectivity index is 1.62. The van der Waals surface area contributed by atoms with Crippen LogP contribution in [0, 0.1) is 5.92 Å².